The van der Waals surface area contributed by atoms with Crippen molar-refractivity contribution in [2.45, 2.75) is 32.6 Å². The molecule has 2 aromatic carbocycles. The number of hydrogen-bond acceptors (Lipinski definition) is 0. The monoisotopic (exact) mass is 852 g/mol. The molecule has 0 unspecified atom stereocenters. The van der Waals surface area contributed by atoms with Crippen molar-refractivity contribution in [3.05, 3.63) is 170 Å². The van der Waals surface area contributed by atoms with Crippen LogP contribution in [0.3, 0.4) is 0 Å². The van der Waals surface area contributed by atoms with Crippen LogP contribution in [-0.2, 0) is 26.2 Å². The van der Waals surface area contributed by atoms with Crippen LogP contribution >= 0.6 is 0 Å². The Bertz CT molecular complexity index is 1540. The molecule has 4 aromatic heterocycles. The van der Waals surface area contributed by atoms with E-state index in [9.17, 15) is 0 Å². The van der Waals surface area contributed by atoms with E-state index in [-0.39, 0.29) is 67.9 Å². The first-order chi connectivity index (χ1) is 20.3. The number of halogens is 4. The Balaban J connectivity index is 0.00000176. The lowest BCUT2D eigenvalue weighted by Crippen LogP contribution is -3.00. The van der Waals surface area contributed by atoms with Gasteiger partial charge in [-0.25, -0.2) is 18.3 Å². The molecular formula is C37H36Br4N4. The van der Waals surface area contributed by atoms with E-state index < -0.39 is 0 Å². The van der Waals surface area contributed by atoms with Crippen molar-refractivity contribution in [2.24, 2.45) is 0 Å². The van der Waals surface area contributed by atoms with Crippen molar-refractivity contribution in [3.8, 4) is 22.3 Å². The molecule has 0 aliphatic rings. The maximum Gasteiger partial charge on any atom is 0.173 e. The van der Waals surface area contributed by atoms with E-state index >= 15 is 0 Å². The smallest absolute Gasteiger partial charge is 0.173 e. The molecule has 0 aliphatic heterocycles. The summed E-state index contributed by atoms with van der Waals surface area (Å²) in [5.41, 5.74) is 7.57. The number of hydrogen-bond donors (Lipinski definition) is 0. The molecule has 6 rings (SSSR count). The molecule has 232 valence electrons. The van der Waals surface area contributed by atoms with Gasteiger partial charge in [-0.1, -0.05) is 60.7 Å². The van der Waals surface area contributed by atoms with Crippen molar-refractivity contribution >= 4 is 0 Å². The van der Waals surface area contributed by atoms with Crippen LogP contribution in [0.25, 0.3) is 22.3 Å². The molecule has 0 N–H and O–H groups in total. The first-order valence-corrected chi connectivity index (χ1v) is 14.3. The van der Waals surface area contributed by atoms with Gasteiger partial charge in [0.15, 0.2) is 75.8 Å². The second-order valence-electron chi connectivity index (χ2n) is 10.5. The lowest BCUT2D eigenvalue weighted by atomic mass is 10.1. The molecule has 0 saturated heterocycles. The Labute approximate surface area is 308 Å². The van der Waals surface area contributed by atoms with Crippen molar-refractivity contribution in [2.75, 3.05) is 0 Å². The molecule has 0 aliphatic carbocycles. The first kappa shape index (κ1) is 38.1. The molecule has 0 fully saturated rings. The molecular weight excluding hydrogens is 820 g/mol. The van der Waals surface area contributed by atoms with Gasteiger partial charge in [-0.05, 0) is 22.3 Å². The number of rotatable bonds is 10. The van der Waals surface area contributed by atoms with Gasteiger partial charge in [0.05, 0.1) is 6.42 Å². The Morgan fingerprint density at radius 2 is 0.578 bits per heavy atom. The van der Waals surface area contributed by atoms with E-state index in [1.807, 2.05) is 0 Å². The van der Waals surface area contributed by atoms with E-state index in [0.717, 1.165) is 32.6 Å². The van der Waals surface area contributed by atoms with Crippen LogP contribution in [-0.4, -0.2) is 0 Å². The number of aromatic nitrogens is 4. The summed E-state index contributed by atoms with van der Waals surface area (Å²) in [7, 11) is 0. The van der Waals surface area contributed by atoms with Crippen molar-refractivity contribution in [3.63, 3.8) is 0 Å². The topological polar surface area (TPSA) is 15.5 Å². The molecule has 45 heavy (non-hydrogen) atoms. The molecule has 0 spiro atoms. The van der Waals surface area contributed by atoms with Crippen molar-refractivity contribution in [1.82, 2.24) is 0 Å². The van der Waals surface area contributed by atoms with E-state index in [2.05, 4.69) is 177 Å². The normalized spacial score (nSPS) is 9.96. The highest BCUT2D eigenvalue weighted by Crippen LogP contribution is 2.17. The third kappa shape index (κ3) is 11.1. The lowest BCUT2D eigenvalue weighted by Gasteiger charge is -2.03. The lowest BCUT2D eigenvalue weighted by molar-refractivity contribution is -0.726. The summed E-state index contributed by atoms with van der Waals surface area (Å²) >= 11 is 0. The van der Waals surface area contributed by atoms with E-state index in [1.165, 1.54) is 33.4 Å². The average molecular weight is 856 g/mol. The van der Waals surface area contributed by atoms with E-state index in [1.54, 1.807) is 0 Å². The van der Waals surface area contributed by atoms with Gasteiger partial charge < -0.3 is 67.9 Å². The zero-order valence-corrected chi connectivity index (χ0v) is 31.2. The fourth-order valence-electron chi connectivity index (χ4n) is 5.13. The van der Waals surface area contributed by atoms with Crippen LogP contribution in [0.4, 0.5) is 0 Å². The number of nitrogens with zero attached hydrogens (tertiary/aromatic N) is 4. The van der Waals surface area contributed by atoms with Crippen LogP contribution in [0, 0.1) is 0 Å². The minimum Gasteiger partial charge on any atom is -1.00 e. The Hall–Kier alpha value is -3.04. The summed E-state index contributed by atoms with van der Waals surface area (Å²) in [6.45, 7) is 3.75. The molecule has 4 heterocycles. The molecule has 6 aromatic rings. The highest BCUT2D eigenvalue weighted by Gasteiger charge is 2.10. The SMILES string of the molecule is [Br-].[Br-].[Br-].[Br-].c1ccc(C[n+]2ccc(-c3cc[n+](CCC[n+]4ccc(-c5cc[n+](Cc6ccccc6)cc5)cc4)cc3)cc2)cc1. The fraction of sp³-hybridized carbons (Fsp3) is 0.135. The van der Waals surface area contributed by atoms with E-state index in [4.69, 9.17) is 0 Å². The van der Waals surface area contributed by atoms with Gasteiger partial charge in [0.1, 0.15) is 0 Å². The minimum atomic E-state index is 0. The Kier molecular flexibility index (Phi) is 16.5. The Morgan fingerprint density at radius 1 is 0.311 bits per heavy atom. The van der Waals surface area contributed by atoms with E-state index in [0.29, 0.717) is 0 Å². The van der Waals surface area contributed by atoms with Crippen LogP contribution < -0.4 is 86.2 Å². The molecule has 4 nitrogen and oxygen atoms in total. The van der Waals surface area contributed by atoms with Gasteiger partial charge in [0, 0.05) is 59.7 Å². The second kappa shape index (κ2) is 19.5. The quantitative estimate of drug-likeness (QED) is 0.122. The predicted octanol–water partition coefficient (Wildman–Crippen LogP) is -6.63. The first-order valence-electron chi connectivity index (χ1n) is 14.3. The summed E-state index contributed by atoms with van der Waals surface area (Å²) in [4.78, 5) is 0. The van der Waals surface area contributed by atoms with Crippen LogP contribution in [0.5, 0.6) is 0 Å². The summed E-state index contributed by atoms with van der Waals surface area (Å²) < 4.78 is 8.97. The van der Waals surface area contributed by atoms with Crippen molar-refractivity contribution < 1.29 is 86.2 Å². The van der Waals surface area contributed by atoms with Gasteiger partial charge in [0.2, 0.25) is 0 Å². The highest BCUT2D eigenvalue weighted by atomic mass is 79.9. The zero-order valence-electron chi connectivity index (χ0n) is 24.8. The van der Waals surface area contributed by atoms with Gasteiger partial charge in [-0.3, -0.25) is 0 Å². The maximum atomic E-state index is 2.27. The number of benzene rings is 2. The molecule has 0 atom stereocenters. The number of pyridine rings is 4. The Morgan fingerprint density at radius 3 is 0.867 bits per heavy atom. The van der Waals surface area contributed by atoms with Crippen LogP contribution in [0.1, 0.15) is 17.5 Å². The van der Waals surface area contributed by atoms with Gasteiger partial charge in [-0.2, -0.15) is 0 Å². The third-order valence-electron chi connectivity index (χ3n) is 7.48. The maximum absolute atomic E-state index is 2.27. The van der Waals surface area contributed by atoms with Crippen molar-refractivity contribution in [1.29, 1.82) is 0 Å². The highest BCUT2D eigenvalue weighted by molar-refractivity contribution is 5.61. The molecule has 0 radical (unpaired) electrons. The number of aryl methyl sites for hydroxylation is 2. The second-order valence-corrected chi connectivity index (χ2v) is 10.5. The minimum absolute atomic E-state index is 0. The zero-order chi connectivity index (χ0) is 27.7. The van der Waals surface area contributed by atoms with Crippen LogP contribution in [0.15, 0.2) is 159 Å². The van der Waals surface area contributed by atoms with Crippen LogP contribution in [0.2, 0.25) is 0 Å². The summed E-state index contributed by atoms with van der Waals surface area (Å²) in [6, 6.07) is 38.7. The predicted molar refractivity (Wildman–Crippen MR) is 160 cm³/mol. The van der Waals surface area contributed by atoms with Gasteiger partial charge in [0.25, 0.3) is 0 Å². The van der Waals surface area contributed by atoms with Gasteiger partial charge >= 0.3 is 0 Å². The largest absolute Gasteiger partial charge is 1.00 e. The summed E-state index contributed by atoms with van der Waals surface area (Å²) in [5.74, 6) is 0. The molecule has 8 heteroatoms. The third-order valence-corrected chi connectivity index (χ3v) is 7.48. The van der Waals surface area contributed by atoms with Gasteiger partial charge in [-0.15, -0.1) is 0 Å². The molecule has 0 saturated carbocycles. The fourth-order valence-corrected chi connectivity index (χ4v) is 5.13. The average Bonchev–Trinajstić information content (AvgIpc) is 3.04. The standard InChI is InChI=1S/C37H36N4.4BrH/c1-3-8-32(9-4-1)30-40-26-16-36(17-27-40)34-12-22-38(23-13-34)20-7-21-39-24-14-35(15-25-39)37-18-28-41(29-19-37)31-33-10-5-2-6-11-33;;;;/h1-6,8-19,22-29H,7,20-21,30-31H2;4*1H/q+4;;;;/p-4. The summed E-state index contributed by atoms with van der Waals surface area (Å²) in [5, 5.41) is 0. The molecule has 0 amide bonds. The summed E-state index contributed by atoms with van der Waals surface area (Å²) in [6.07, 6.45) is 18.5. The molecule has 0 bridgehead atoms.